The monoisotopic (exact) mass is 678 g/mol. The van der Waals surface area contributed by atoms with E-state index in [1.807, 2.05) is 12.3 Å². The molecule has 0 saturated heterocycles. The van der Waals surface area contributed by atoms with Crippen LogP contribution in [-0.2, 0) is 0 Å². The van der Waals surface area contributed by atoms with Crippen molar-refractivity contribution < 1.29 is 8.83 Å². The van der Waals surface area contributed by atoms with Crippen LogP contribution in [0.3, 0.4) is 0 Å². The quantitative estimate of drug-likeness (QED) is 0.182. The van der Waals surface area contributed by atoms with E-state index in [0.717, 1.165) is 83.2 Å². The molecule has 0 unspecified atom stereocenters. The molecule has 0 saturated carbocycles. The molecule has 0 N–H and O–H groups in total. The van der Waals surface area contributed by atoms with Crippen molar-refractivity contribution in [2.24, 2.45) is 0 Å². The number of fused-ring (bicyclic) bond motifs is 10. The largest absolute Gasteiger partial charge is 0.456 e. The third-order valence-corrected chi connectivity index (χ3v) is 10.5. The number of nitrogens with zero attached hydrogens (tertiary/aromatic N) is 2. The molecule has 11 rings (SSSR count). The maximum absolute atomic E-state index is 6.54. The van der Waals surface area contributed by atoms with Gasteiger partial charge in [-0.3, -0.25) is 4.98 Å². The summed E-state index contributed by atoms with van der Waals surface area (Å²) in [7, 11) is 0. The minimum Gasteiger partial charge on any atom is -0.456 e. The van der Waals surface area contributed by atoms with Crippen LogP contribution < -0.4 is 4.90 Å². The molecule has 0 amide bonds. The van der Waals surface area contributed by atoms with E-state index in [2.05, 4.69) is 174 Å². The minimum atomic E-state index is 0.848. The average molecular weight is 679 g/mol. The van der Waals surface area contributed by atoms with Gasteiger partial charge in [0.1, 0.15) is 22.3 Å². The van der Waals surface area contributed by atoms with Crippen molar-refractivity contribution >= 4 is 82.5 Å². The molecule has 4 heteroatoms. The van der Waals surface area contributed by atoms with Crippen molar-refractivity contribution in [3.05, 3.63) is 182 Å². The fraction of sp³-hybridized carbons (Fsp3) is 0. The summed E-state index contributed by atoms with van der Waals surface area (Å²) in [5, 5.41) is 9.28. The van der Waals surface area contributed by atoms with E-state index in [1.165, 1.54) is 21.5 Å². The molecule has 0 spiro atoms. The topological polar surface area (TPSA) is 42.4 Å². The number of anilines is 3. The Morgan fingerprint density at radius 1 is 0.358 bits per heavy atom. The SMILES string of the molecule is c1cncc(-c2ccc(-c3ccc(N(c4ccc5c(c4)oc4ccc6ccccc6c45)c4ccc5c(c4)oc4ccc6ccccc6c45)cc3)cc2)c1. The third-order valence-electron chi connectivity index (χ3n) is 10.5. The smallest absolute Gasteiger partial charge is 0.137 e. The first-order valence-electron chi connectivity index (χ1n) is 17.8. The molecular formula is C49H30N2O2. The number of pyridine rings is 1. The Morgan fingerprint density at radius 2 is 0.849 bits per heavy atom. The van der Waals surface area contributed by atoms with E-state index < -0.39 is 0 Å². The molecule has 248 valence electrons. The van der Waals surface area contributed by atoms with E-state index in [0.29, 0.717) is 0 Å². The Kier molecular flexibility index (Phi) is 6.52. The Morgan fingerprint density at radius 3 is 1.38 bits per heavy atom. The number of aromatic nitrogens is 1. The fourth-order valence-corrected chi connectivity index (χ4v) is 7.99. The van der Waals surface area contributed by atoms with Crippen molar-refractivity contribution in [3.8, 4) is 22.3 Å². The third kappa shape index (κ3) is 4.80. The summed E-state index contributed by atoms with van der Waals surface area (Å²) in [6, 6.07) is 60.0. The van der Waals surface area contributed by atoms with Gasteiger partial charge < -0.3 is 13.7 Å². The highest BCUT2D eigenvalue weighted by atomic mass is 16.3. The lowest BCUT2D eigenvalue weighted by Crippen LogP contribution is -2.09. The molecule has 0 aliphatic rings. The van der Waals surface area contributed by atoms with E-state index in [9.17, 15) is 0 Å². The molecule has 8 aromatic carbocycles. The molecule has 4 nitrogen and oxygen atoms in total. The number of rotatable bonds is 5. The summed E-state index contributed by atoms with van der Waals surface area (Å²) < 4.78 is 13.1. The molecule has 0 radical (unpaired) electrons. The van der Waals surface area contributed by atoms with Gasteiger partial charge in [0, 0.05) is 63.1 Å². The van der Waals surface area contributed by atoms with Crippen LogP contribution in [0.15, 0.2) is 191 Å². The second kappa shape index (κ2) is 11.7. The molecule has 0 fully saturated rings. The molecule has 11 aromatic rings. The first-order valence-corrected chi connectivity index (χ1v) is 17.8. The zero-order valence-electron chi connectivity index (χ0n) is 28.5. The first kappa shape index (κ1) is 29.5. The number of benzene rings is 8. The second-order valence-corrected chi connectivity index (χ2v) is 13.6. The van der Waals surface area contributed by atoms with Crippen LogP contribution in [0.4, 0.5) is 17.1 Å². The normalized spacial score (nSPS) is 11.8. The average Bonchev–Trinajstić information content (AvgIpc) is 3.80. The molecule has 0 bridgehead atoms. The van der Waals surface area contributed by atoms with E-state index >= 15 is 0 Å². The van der Waals surface area contributed by atoms with E-state index in [1.54, 1.807) is 6.20 Å². The Labute approximate surface area is 304 Å². The summed E-state index contributed by atoms with van der Waals surface area (Å²) in [5.41, 5.74) is 11.0. The molecule has 3 heterocycles. The first-order chi connectivity index (χ1) is 26.2. The van der Waals surface area contributed by atoms with Crippen LogP contribution in [0.1, 0.15) is 0 Å². The standard InChI is InChI=1S/C49H30N2O2/c1-3-9-40-34(6-1)17-25-44-48(40)42-23-21-38(28-46(42)52-44)51(37-19-15-32(16-20-37)31-11-13-33(14-12-31)36-8-5-27-50-30-36)39-22-24-43-47(29-39)53-45-26-18-35-7-2-4-10-41(35)49(43)45/h1-30H. The van der Waals surface area contributed by atoms with Crippen molar-refractivity contribution in [1.29, 1.82) is 0 Å². The Bertz CT molecular complexity index is 3000. The van der Waals surface area contributed by atoms with Gasteiger partial charge in [0.25, 0.3) is 0 Å². The van der Waals surface area contributed by atoms with Crippen LogP contribution >= 0.6 is 0 Å². The van der Waals surface area contributed by atoms with Gasteiger partial charge in [0.05, 0.1) is 0 Å². The van der Waals surface area contributed by atoms with Crippen molar-refractivity contribution in [2.45, 2.75) is 0 Å². The van der Waals surface area contributed by atoms with Gasteiger partial charge in [0.2, 0.25) is 0 Å². The summed E-state index contributed by atoms with van der Waals surface area (Å²) in [6.45, 7) is 0. The highest BCUT2D eigenvalue weighted by Gasteiger charge is 2.19. The van der Waals surface area contributed by atoms with Gasteiger partial charge in [-0.1, -0.05) is 103 Å². The van der Waals surface area contributed by atoms with Gasteiger partial charge in [0.15, 0.2) is 0 Å². The Balaban J connectivity index is 1.05. The molecule has 0 aliphatic carbocycles. The molecule has 0 atom stereocenters. The van der Waals surface area contributed by atoms with Gasteiger partial charge in [-0.2, -0.15) is 0 Å². The summed E-state index contributed by atoms with van der Waals surface area (Å²) in [5.74, 6) is 0. The fourth-order valence-electron chi connectivity index (χ4n) is 7.99. The second-order valence-electron chi connectivity index (χ2n) is 13.6. The number of hydrogen-bond donors (Lipinski definition) is 0. The van der Waals surface area contributed by atoms with Crippen molar-refractivity contribution in [1.82, 2.24) is 4.98 Å². The van der Waals surface area contributed by atoms with E-state index in [-0.39, 0.29) is 0 Å². The van der Waals surface area contributed by atoms with E-state index in [4.69, 9.17) is 8.83 Å². The highest BCUT2D eigenvalue weighted by Crippen LogP contribution is 2.43. The van der Waals surface area contributed by atoms with Crippen LogP contribution in [-0.4, -0.2) is 4.98 Å². The lowest BCUT2D eigenvalue weighted by molar-refractivity contribution is 0.669. The summed E-state index contributed by atoms with van der Waals surface area (Å²) >= 11 is 0. The lowest BCUT2D eigenvalue weighted by Gasteiger charge is -2.25. The Hall–Kier alpha value is -7.17. The van der Waals surface area contributed by atoms with Gasteiger partial charge >= 0.3 is 0 Å². The van der Waals surface area contributed by atoms with Crippen LogP contribution in [0.2, 0.25) is 0 Å². The van der Waals surface area contributed by atoms with Crippen LogP contribution in [0.5, 0.6) is 0 Å². The van der Waals surface area contributed by atoms with Crippen molar-refractivity contribution in [3.63, 3.8) is 0 Å². The molecular weight excluding hydrogens is 649 g/mol. The number of furan rings is 2. The number of hydrogen-bond acceptors (Lipinski definition) is 4. The summed E-state index contributed by atoms with van der Waals surface area (Å²) in [4.78, 5) is 6.56. The van der Waals surface area contributed by atoms with Gasteiger partial charge in [-0.05, 0) is 98.4 Å². The van der Waals surface area contributed by atoms with Gasteiger partial charge in [-0.15, -0.1) is 0 Å². The maximum Gasteiger partial charge on any atom is 0.137 e. The molecule has 0 aliphatic heterocycles. The van der Waals surface area contributed by atoms with Crippen LogP contribution in [0, 0.1) is 0 Å². The lowest BCUT2D eigenvalue weighted by atomic mass is 10.0. The van der Waals surface area contributed by atoms with Crippen molar-refractivity contribution in [2.75, 3.05) is 4.90 Å². The highest BCUT2D eigenvalue weighted by molar-refractivity contribution is 6.20. The predicted octanol–water partition coefficient (Wildman–Crippen LogP) is 14.0. The predicted molar refractivity (Wildman–Crippen MR) is 219 cm³/mol. The minimum absolute atomic E-state index is 0.848. The van der Waals surface area contributed by atoms with Crippen LogP contribution in [0.25, 0.3) is 87.7 Å². The molecule has 53 heavy (non-hydrogen) atoms. The maximum atomic E-state index is 6.54. The zero-order valence-corrected chi connectivity index (χ0v) is 28.5. The zero-order chi connectivity index (χ0) is 34.9. The summed E-state index contributed by atoms with van der Waals surface area (Å²) in [6.07, 6.45) is 3.70. The molecule has 3 aromatic heterocycles. The van der Waals surface area contributed by atoms with Gasteiger partial charge in [-0.25, -0.2) is 0 Å².